The molecule has 1 aliphatic carbocycles. The van der Waals surface area contributed by atoms with Gasteiger partial charge >= 0.3 is 5.97 Å². The summed E-state index contributed by atoms with van der Waals surface area (Å²) in [5.74, 6) is -0.00634. The standard InChI is InChI=1S/C18H27NO3S/c1-6-19-16(20)11(2)22-17(21)15-10-12-9-13(18(3,4)5)7-8-14(12)23-15/h10-11,13H,6-9H2,1-5H3,(H,19,20)/t11-,13+/m1/s1. The Balaban J connectivity index is 2.05. The van der Waals surface area contributed by atoms with Gasteiger partial charge in [0.1, 0.15) is 4.88 Å². The molecule has 128 valence electrons. The van der Waals surface area contributed by atoms with Gasteiger partial charge in [-0.15, -0.1) is 11.3 Å². The first-order valence-electron chi connectivity index (χ1n) is 8.32. The van der Waals surface area contributed by atoms with E-state index >= 15 is 0 Å². The number of thiophene rings is 1. The van der Waals surface area contributed by atoms with E-state index in [4.69, 9.17) is 4.74 Å². The topological polar surface area (TPSA) is 55.4 Å². The summed E-state index contributed by atoms with van der Waals surface area (Å²) in [6, 6.07) is 1.96. The first kappa shape index (κ1) is 18.0. The number of rotatable bonds is 4. The molecule has 0 fully saturated rings. The van der Waals surface area contributed by atoms with E-state index in [9.17, 15) is 9.59 Å². The number of amides is 1. The molecular weight excluding hydrogens is 310 g/mol. The number of hydrogen-bond donors (Lipinski definition) is 1. The van der Waals surface area contributed by atoms with Crippen molar-refractivity contribution >= 4 is 23.2 Å². The van der Waals surface area contributed by atoms with Gasteiger partial charge in [0.25, 0.3) is 5.91 Å². The Labute approximate surface area is 142 Å². The Hall–Kier alpha value is -1.36. The first-order chi connectivity index (χ1) is 10.7. The van der Waals surface area contributed by atoms with Crippen LogP contribution in [0.4, 0.5) is 0 Å². The number of ether oxygens (including phenoxy) is 1. The van der Waals surface area contributed by atoms with Crippen molar-refractivity contribution in [3.05, 3.63) is 21.4 Å². The number of hydrogen-bond acceptors (Lipinski definition) is 4. The molecule has 5 heteroatoms. The van der Waals surface area contributed by atoms with Crippen LogP contribution >= 0.6 is 11.3 Å². The van der Waals surface area contributed by atoms with Crippen LogP contribution in [-0.4, -0.2) is 24.5 Å². The van der Waals surface area contributed by atoms with Gasteiger partial charge in [-0.3, -0.25) is 4.79 Å². The fraction of sp³-hybridized carbons (Fsp3) is 0.667. The van der Waals surface area contributed by atoms with Gasteiger partial charge in [0.2, 0.25) is 0 Å². The highest BCUT2D eigenvalue weighted by Crippen LogP contribution is 2.40. The Morgan fingerprint density at radius 1 is 1.43 bits per heavy atom. The van der Waals surface area contributed by atoms with Crippen molar-refractivity contribution in [3.8, 4) is 0 Å². The molecule has 1 aromatic rings. The first-order valence-corrected chi connectivity index (χ1v) is 9.14. The number of carbonyl (C=O) groups is 2. The van der Waals surface area contributed by atoms with E-state index in [1.54, 1.807) is 6.92 Å². The van der Waals surface area contributed by atoms with Gasteiger partial charge in [0, 0.05) is 11.4 Å². The van der Waals surface area contributed by atoms with Crippen LogP contribution in [0.5, 0.6) is 0 Å². The molecule has 0 spiro atoms. The van der Waals surface area contributed by atoms with E-state index in [1.165, 1.54) is 28.2 Å². The Kier molecular flexibility index (Phi) is 5.50. The molecule has 0 aliphatic heterocycles. The summed E-state index contributed by atoms with van der Waals surface area (Å²) in [5.41, 5.74) is 1.56. The summed E-state index contributed by atoms with van der Waals surface area (Å²) in [5, 5.41) is 2.66. The van der Waals surface area contributed by atoms with Crippen molar-refractivity contribution in [3.63, 3.8) is 0 Å². The number of aryl methyl sites for hydroxylation is 1. The van der Waals surface area contributed by atoms with Crippen molar-refractivity contribution in [2.75, 3.05) is 6.54 Å². The number of likely N-dealkylation sites (N-methyl/N-ethyl adjacent to an activating group) is 1. The lowest BCUT2D eigenvalue weighted by Crippen LogP contribution is -2.35. The lowest BCUT2D eigenvalue weighted by Gasteiger charge is -2.33. The third kappa shape index (κ3) is 4.34. The molecule has 1 aromatic heterocycles. The minimum absolute atomic E-state index is 0.255. The average Bonchev–Trinajstić information content (AvgIpc) is 2.89. The van der Waals surface area contributed by atoms with Gasteiger partial charge in [0.05, 0.1) is 0 Å². The van der Waals surface area contributed by atoms with Crippen molar-refractivity contribution in [1.82, 2.24) is 5.32 Å². The molecule has 0 radical (unpaired) electrons. The lowest BCUT2D eigenvalue weighted by atomic mass is 9.72. The average molecular weight is 337 g/mol. The molecule has 1 N–H and O–H groups in total. The molecule has 1 amide bonds. The predicted molar refractivity (Wildman–Crippen MR) is 92.9 cm³/mol. The monoisotopic (exact) mass is 337 g/mol. The molecule has 23 heavy (non-hydrogen) atoms. The molecule has 0 saturated heterocycles. The maximum atomic E-state index is 12.3. The minimum atomic E-state index is -0.760. The molecule has 1 heterocycles. The molecule has 2 atom stereocenters. The highest BCUT2D eigenvalue weighted by molar-refractivity contribution is 7.14. The van der Waals surface area contributed by atoms with E-state index in [1.807, 2.05) is 13.0 Å². The molecule has 0 saturated carbocycles. The van der Waals surface area contributed by atoms with Crippen LogP contribution in [0.1, 0.15) is 61.2 Å². The maximum absolute atomic E-state index is 12.3. The highest BCUT2D eigenvalue weighted by Gasteiger charge is 2.31. The van der Waals surface area contributed by atoms with Crippen molar-refractivity contribution in [2.24, 2.45) is 11.3 Å². The van der Waals surface area contributed by atoms with Gasteiger partial charge in [-0.25, -0.2) is 4.79 Å². The van der Waals surface area contributed by atoms with Crippen LogP contribution in [0.2, 0.25) is 0 Å². The van der Waals surface area contributed by atoms with E-state index in [2.05, 4.69) is 26.1 Å². The molecule has 4 nitrogen and oxygen atoms in total. The molecule has 1 aliphatic rings. The zero-order valence-electron chi connectivity index (χ0n) is 14.7. The molecule has 0 bridgehead atoms. The van der Waals surface area contributed by atoms with E-state index < -0.39 is 12.1 Å². The summed E-state index contributed by atoms with van der Waals surface area (Å²) in [6.45, 7) is 10.8. The largest absolute Gasteiger partial charge is 0.448 e. The summed E-state index contributed by atoms with van der Waals surface area (Å²) in [7, 11) is 0. The number of fused-ring (bicyclic) bond motifs is 1. The van der Waals surface area contributed by atoms with E-state index in [-0.39, 0.29) is 11.3 Å². The fourth-order valence-corrected chi connectivity index (χ4v) is 4.04. The van der Waals surface area contributed by atoms with Gasteiger partial charge in [-0.05, 0) is 56.1 Å². The van der Waals surface area contributed by atoms with Gasteiger partial charge < -0.3 is 10.1 Å². The SMILES string of the molecule is CCNC(=O)[C@@H](C)OC(=O)c1cc2c(s1)CC[C@H](C(C)(C)C)C2. The smallest absolute Gasteiger partial charge is 0.349 e. The van der Waals surface area contributed by atoms with Crippen LogP contribution in [0.3, 0.4) is 0 Å². The zero-order valence-corrected chi connectivity index (χ0v) is 15.5. The van der Waals surface area contributed by atoms with Crippen LogP contribution < -0.4 is 5.32 Å². The molecule has 0 aromatic carbocycles. The predicted octanol–water partition coefficient (Wildman–Crippen LogP) is 3.58. The number of carbonyl (C=O) groups excluding carboxylic acids is 2. The number of esters is 1. The van der Waals surface area contributed by atoms with Crippen LogP contribution in [0.15, 0.2) is 6.07 Å². The van der Waals surface area contributed by atoms with Crippen molar-refractivity contribution in [2.45, 2.75) is 60.0 Å². The number of nitrogens with one attached hydrogen (secondary N) is 1. The Morgan fingerprint density at radius 3 is 2.74 bits per heavy atom. The highest BCUT2D eigenvalue weighted by atomic mass is 32.1. The second-order valence-corrected chi connectivity index (χ2v) is 8.44. The summed E-state index contributed by atoms with van der Waals surface area (Å²) in [6.07, 6.45) is 2.46. The fourth-order valence-electron chi connectivity index (χ4n) is 2.95. The molecule has 2 rings (SSSR count). The third-order valence-corrected chi connectivity index (χ3v) is 5.73. The van der Waals surface area contributed by atoms with Gasteiger partial charge in [-0.1, -0.05) is 20.8 Å². The van der Waals surface area contributed by atoms with Gasteiger partial charge in [-0.2, -0.15) is 0 Å². The van der Waals surface area contributed by atoms with Crippen molar-refractivity contribution in [1.29, 1.82) is 0 Å². The summed E-state index contributed by atoms with van der Waals surface area (Å²) < 4.78 is 5.28. The second-order valence-electron chi connectivity index (χ2n) is 7.31. The summed E-state index contributed by atoms with van der Waals surface area (Å²) >= 11 is 1.52. The van der Waals surface area contributed by atoms with Gasteiger partial charge in [0.15, 0.2) is 6.10 Å². The van der Waals surface area contributed by atoms with Crippen LogP contribution in [0.25, 0.3) is 0 Å². The van der Waals surface area contributed by atoms with E-state index in [0.717, 1.165) is 12.8 Å². The Bertz CT molecular complexity index is 586. The lowest BCUT2D eigenvalue weighted by molar-refractivity contribution is -0.128. The van der Waals surface area contributed by atoms with Crippen molar-refractivity contribution < 1.29 is 14.3 Å². The quantitative estimate of drug-likeness (QED) is 0.854. The van der Waals surface area contributed by atoms with E-state index in [0.29, 0.717) is 17.3 Å². The zero-order chi connectivity index (χ0) is 17.2. The molecule has 0 unspecified atom stereocenters. The normalized spacial score (nSPS) is 18.9. The molecular formula is C18H27NO3S. The Morgan fingerprint density at radius 2 is 2.13 bits per heavy atom. The third-order valence-electron chi connectivity index (χ3n) is 4.51. The second kappa shape index (κ2) is 7.04. The van der Waals surface area contributed by atoms with Crippen LogP contribution in [-0.2, 0) is 22.4 Å². The maximum Gasteiger partial charge on any atom is 0.349 e. The summed E-state index contributed by atoms with van der Waals surface area (Å²) in [4.78, 5) is 25.8. The van der Waals surface area contributed by atoms with Crippen LogP contribution in [0, 0.1) is 11.3 Å². The minimum Gasteiger partial charge on any atom is -0.448 e.